The van der Waals surface area contributed by atoms with Crippen molar-refractivity contribution in [2.45, 2.75) is 40.0 Å². The Morgan fingerprint density at radius 2 is 1.31 bits per heavy atom. The van der Waals surface area contributed by atoms with Gasteiger partial charge in [0.05, 0.1) is 7.11 Å². The minimum absolute atomic E-state index is 0.274. The van der Waals surface area contributed by atoms with E-state index in [1.165, 1.54) is 42.6 Å². The number of methoxy groups -OCH3 is 1. The number of hydrogen-bond donors (Lipinski definition) is 2. The molecule has 0 amide bonds. The number of ether oxygens (including phenoxy) is 1. The van der Waals surface area contributed by atoms with Gasteiger partial charge < -0.3 is 15.2 Å². The van der Waals surface area contributed by atoms with Crippen molar-refractivity contribution in [3.63, 3.8) is 0 Å². The number of aromatic hydroxyl groups is 1. The molecule has 0 atom stereocenters. The molecule has 3 nitrogen and oxygen atoms in total. The topological polar surface area (TPSA) is 41.5 Å². The molecule has 2 N–H and O–H groups in total. The Bertz CT molecular complexity index is 918. The van der Waals surface area contributed by atoms with Gasteiger partial charge in [-0.15, -0.1) is 0 Å². The molecule has 1 saturated heterocycles. The Labute approximate surface area is 193 Å². The van der Waals surface area contributed by atoms with Crippen LogP contribution in [0.15, 0.2) is 78.9 Å². The molecule has 0 bridgehead atoms. The van der Waals surface area contributed by atoms with Crippen LogP contribution in [-0.2, 0) is 0 Å². The maximum atomic E-state index is 9.66. The standard InChI is InChI=1S/C23H22O2.C4H9N.C2H6/c1-3-22(17-7-5-4-6-8-17)23(18-9-13-20(24)14-10-18)19-11-15-21(25-2)16-12-19;1-2-4-5-3-1;1-2/h4-16,24H,3H2,1-2H3;5H,1-4H2;1-2H3/b23-22-;;. The minimum Gasteiger partial charge on any atom is -0.508 e. The molecular formula is C29H37NO2. The summed E-state index contributed by atoms with van der Waals surface area (Å²) in [5.41, 5.74) is 5.88. The zero-order valence-electron chi connectivity index (χ0n) is 19.9. The zero-order valence-corrected chi connectivity index (χ0v) is 19.9. The van der Waals surface area contributed by atoms with Crippen molar-refractivity contribution in [2.75, 3.05) is 20.2 Å². The smallest absolute Gasteiger partial charge is 0.118 e. The van der Waals surface area contributed by atoms with E-state index in [2.05, 4.69) is 48.6 Å². The van der Waals surface area contributed by atoms with Gasteiger partial charge in [0.25, 0.3) is 0 Å². The van der Waals surface area contributed by atoms with Crippen LogP contribution in [0.2, 0.25) is 0 Å². The normalized spacial score (nSPS) is 13.1. The third-order valence-corrected chi connectivity index (χ3v) is 5.27. The molecule has 1 aliphatic heterocycles. The summed E-state index contributed by atoms with van der Waals surface area (Å²) in [7, 11) is 1.67. The number of allylic oxidation sites excluding steroid dienone is 1. The summed E-state index contributed by atoms with van der Waals surface area (Å²) < 4.78 is 5.29. The summed E-state index contributed by atoms with van der Waals surface area (Å²) in [5.74, 6) is 1.11. The summed E-state index contributed by atoms with van der Waals surface area (Å²) >= 11 is 0. The van der Waals surface area contributed by atoms with Gasteiger partial charge in [0.15, 0.2) is 0 Å². The minimum atomic E-state index is 0.274. The van der Waals surface area contributed by atoms with Crippen LogP contribution in [0.1, 0.15) is 56.7 Å². The van der Waals surface area contributed by atoms with Crippen LogP contribution in [0, 0.1) is 0 Å². The van der Waals surface area contributed by atoms with Crippen LogP contribution in [0.3, 0.4) is 0 Å². The van der Waals surface area contributed by atoms with Gasteiger partial charge in [0.2, 0.25) is 0 Å². The van der Waals surface area contributed by atoms with Crippen molar-refractivity contribution >= 4 is 11.1 Å². The van der Waals surface area contributed by atoms with Gasteiger partial charge in [0.1, 0.15) is 11.5 Å². The molecule has 3 aromatic rings. The molecule has 1 heterocycles. The Kier molecular flexibility index (Phi) is 11.1. The zero-order chi connectivity index (χ0) is 23.2. The fraction of sp³-hybridized carbons (Fsp3) is 0.310. The van der Waals surface area contributed by atoms with Gasteiger partial charge in [-0.25, -0.2) is 0 Å². The molecule has 170 valence electrons. The predicted molar refractivity (Wildman–Crippen MR) is 137 cm³/mol. The fourth-order valence-electron chi connectivity index (χ4n) is 3.69. The second-order valence-corrected chi connectivity index (χ2v) is 7.31. The van der Waals surface area contributed by atoms with Gasteiger partial charge in [-0.3, -0.25) is 0 Å². The predicted octanol–water partition coefficient (Wildman–Crippen LogP) is 7.17. The molecule has 1 fully saturated rings. The summed E-state index contributed by atoms with van der Waals surface area (Å²) in [5, 5.41) is 12.9. The van der Waals surface area contributed by atoms with Crippen LogP contribution in [-0.4, -0.2) is 25.3 Å². The van der Waals surface area contributed by atoms with Crippen LogP contribution in [0.25, 0.3) is 11.1 Å². The molecule has 0 spiro atoms. The highest BCUT2D eigenvalue weighted by molar-refractivity contribution is 5.98. The molecule has 0 unspecified atom stereocenters. The molecule has 3 aromatic carbocycles. The number of phenolic OH excluding ortho intramolecular Hbond substituents is 1. The van der Waals surface area contributed by atoms with Gasteiger partial charge in [-0.2, -0.15) is 0 Å². The van der Waals surface area contributed by atoms with Crippen LogP contribution in [0.5, 0.6) is 11.5 Å². The van der Waals surface area contributed by atoms with Gasteiger partial charge in [-0.05, 0) is 84.5 Å². The number of benzene rings is 3. The summed E-state index contributed by atoms with van der Waals surface area (Å²) in [4.78, 5) is 0. The first-order valence-corrected chi connectivity index (χ1v) is 11.7. The van der Waals surface area contributed by atoms with E-state index >= 15 is 0 Å². The average Bonchev–Trinajstić information content (AvgIpc) is 3.46. The lowest BCUT2D eigenvalue weighted by Gasteiger charge is -2.16. The molecule has 0 radical (unpaired) electrons. The molecule has 32 heavy (non-hydrogen) atoms. The van der Waals surface area contributed by atoms with Gasteiger partial charge in [-0.1, -0.05) is 75.4 Å². The summed E-state index contributed by atoms with van der Waals surface area (Å²) in [6, 6.07) is 26.0. The first kappa shape index (κ1) is 25.2. The van der Waals surface area contributed by atoms with E-state index in [1.54, 1.807) is 19.2 Å². The van der Waals surface area contributed by atoms with Gasteiger partial charge in [0, 0.05) is 0 Å². The highest BCUT2D eigenvalue weighted by atomic mass is 16.5. The second-order valence-electron chi connectivity index (χ2n) is 7.31. The first-order valence-electron chi connectivity index (χ1n) is 11.7. The maximum Gasteiger partial charge on any atom is 0.118 e. The first-order chi connectivity index (χ1) is 15.7. The fourth-order valence-corrected chi connectivity index (χ4v) is 3.69. The lowest BCUT2D eigenvalue weighted by Crippen LogP contribution is -2.03. The highest BCUT2D eigenvalue weighted by Gasteiger charge is 2.13. The highest BCUT2D eigenvalue weighted by Crippen LogP contribution is 2.35. The number of hydrogen-bond acceptors (Lipinski definition) is 3. The van der Waals surface area contributed by atoms with Crippen molar-refractivity contribution < 1.29 is 9.84 Å². The Hall–Kier alpha value is -3.04. The Morgan fingerprint density at radius 3 is 1.75 bits per heavy atom. The van der Waals surface area contributed by atoms with Crippen molar-refractivity contribution in [2.24, 2.45) is 0 Å². The lowest BCUT2D eigenvalue weighted by atomic mass is 9.88. The third kappa shape index (κ3) is 7.28. The van der Waals surface area contributed by atoms with Crippen LogP contribution >= 0.6 is 0 Å². The van der Waals surface area contributed by atoms with Crippen molar-refractivity contribution in [3.05, 3.63) is 95.6 Å². The second kappa shape index (κ2) is 14.1. The van der Waals surface area contributed by atoms with E-state index in [4.69, 9.17) is 4.74 Å². The number of nitrogens with one attached hydrogen (secondary N) is 1. The summed E-state index contributed by atoms with van der Waals surface area (Å²) in [6.07, 6.45) is 3.69. The maximum absolute atomic E-state index is 9.66. The molecule has 0 aliphatic carbocycles. The molecular weight excluding hydrogens is 394 g/mol. The average molecular weight is 432 g/mol. The Balaban J connectivity index is 0.000000448. The van der Waals surface area contributed by atoms with E-state index in [9.17, 15) is 5.11 Å². The van der Waals surface area contributed by atoms with Crippen molar-refractivity contribution in [3.8, 4) is 11.5 Å². The number of phenols is 1. The van der Waals surface area contributed by atoms with Crippen molar-refractivity contribution in [1.82, 2.24) is 5.32 Å². The van der Waals surface area contributed by atoms with Crippen LogP contribution in [0.4, 0.5) is 0 Å². The van der Waals surface area contributed by atoms with E-state index in [-0.39, 0.29) is 5.75 Å². The van der Waals surface area contributed by atoms with E-state index < -0.39 is 0 Å². The third-order valence-electron chi connectivity index (χ3n) is 5.27. The largest absolute Gasteiger partial charge is 0.508 e. The van der Waals surface area contributed by atoms with Gasteiger partial charge >= 0.3 is 0 Å². The van der Waals surface area contributed by atoms with Crippen molar-refractivity contribution in [1.29, 1.82) is 0 Å². The molecule has 1 aliphatic rings. The molecule has 0 aromatic heterocycles. The SMILES string of the molecule is C1CCNC1.CC.CC/C(=C(\c1ccc(O)cc1)c1ccc(OC)cc1)c1ccccc1. The number of rotatable bonds is 5. The monoisotopic (exact) mass is 431 g/mol. The molecule has 3 heteroatoms. The Morgan fingerprint density at radius 1 is 0.781 bits per heavy atom. The van der Waals surface area contributed by atoms with E-state index in [0.717, 1.165) is 23.3 Å². The van der Waals surface area contributed by atoms with E-state index in [1.807, 2.05) is 44.2 Å². The summed E-state index contributed by atoms with van der Waals surface area (Å²) in [6.45, 7) is 8.67. The van der Waals surface area contributed by atoms with E-state index in [0.29, 0.717) is 0 Å². The quantitative estimate of drug-likeness (QED) is 0.421. The van der Waals surface area contributed by atoms with Crippen LogP contribution < -0.4 is 10.1 Å². The molecule has 4 rings (SSSR count). The lowest BCUT2D eigenvalue weighted by molar-refractivity contribution is 0.415. The molecule has 0 saturated carbocycles.